The molecule has 1 aliphatic carbocycles. The van der Waals surface area contributed by atoms with E-state index in [2.05, 4.69) is 140 Å². The number of primary amides is 2. The lowest BCUT2D eigenvalue weighted by molar-refractivity contribution is -0.136. The molecule has 0 spiro atoms. The first kappa shape index (κ1) is 119. The largest absolute Gasteiger partial charge is 0.449 e. The number of fused-ring (bicyclic) bond motifs is 3. The number of aromatic nitrogens is 6. The summed E-state index contributed by atoms with van der Waals surface area (Å²) in [6, 6.07) is 0.952. The molecule has 5 heterocycles. The van der Waals surface area contributed by atoms with E-state index in [0.717, 1.165) is 0 Å². The summed E-state index contributed by atoms with van der Waals surface area (Å²) in [5, 5.41) is 44.5. The second-order valence-electron chi connectivity index (χ2n) is 37.1. The van der Waals surface area contributed by atoms with Crippen molar-refractivity contribution in [3.05, 3.63) is 114 Å². The van der Waals surface area contributed by atoms with E-state index in [4.69, 9.17) is 16.2 Å². The van der Waals surface area contributed by atoms with E-state index in [0.29, 0.717) is 30.1 Å². The molecule has 8 rings (SSSR count). The molecule has 49 heteroatoms. The van der Waals surface area contributed by atoms with Crippen molar-refractivity contribution in [2.24, 2.45) is 41.7 Å². The van der Waals surface area contributed by atoms with E-state index in [1.54, 1.807) is 128 Å². The van der Waals surface area contributed by atoms with Crippen molar-refractivity contribution in [2.45, 2.75) is 270 Å². The van der Waals surface area contributed by atoms with Crippen LogP contribution in [0.1, 0.15) is 179 Å². The smallest absolute Gasteiger partial charge is 0.406 e. The van der Waals surface area contributed by atoms with Crippen LogP contribution in [-0.4, -0.2) is 274 Å². The minimum absolute atomic E-state index is 0.0261. The predicted molar refractivity (Wildman–Crippen MR) is 534 cm³/mol. The van der Waals surface area contributed by atoms with E-state index >= 15 is 0 Å². The molecule has 5 aromatic rings. The van der Waals surface area contributed by atoms with Gasteiger partial charge in [0.15, 0.2) is 0 Å². The molecule has 23 N–H and O–H groups in total. The van der Waals surface area contributed by atoms with Crippen molar-refractivity contribution in [3.8, 4) is 11.1 Å². The first-order valence-corrected chi connectivity index (χ1v) is 50.4. The Kier molecular flexibility index (Phi) is 46.6. The number of ether oxygens (including phenoxy) is 1. The summed E-state index contributed by atoms with van der Waals surface area (Å²) in [6.45, 7) is 32.9. The van der Waals surface area contributed by atoms with Gasteiger partial charge in [0.25, 0.3) is 0 Å². The third kappa shape index (κ3) is 37.0. The first-order chi connectivity index (χ1) is 66.0. The number of hydrogen-bond acceptors (Lipinski definition) is 27. The Bertz CT molecular complexity index is 4970. The van der Waals surface area contributed by atoms with E-state index in [9.17, 15) is 91.1 Å². The van der Waals surface area contributed by atoms with Gasteiger partial charge in [-0.05, 0) is 100 Å². The molecule has 0 unspecified atom stereocenters. The number of amides is 19. The number of benzene rings is 2. The lowest BCUT2D eigenvalue weighted by Crippen LogP contribution is -2.61. The number of aryl methyl sites for hydroxylation is 1. The number of imidazole rings is 3. The zero-order valence-corrected chi connectivity index (χ0v) is 87.0. The molecule has 0 radical (unpaired) electrons. The molecule has 2 aliphatic heterocycles. The van der Waals surface area contributed by atoms with Gasteiger partial charge in [0.1, 0.15) is 97.2 Å². The van der Waals surface area contributed by atoms with Crippen molar-refractivity contribution >= 4 is 156 Å². The molecule has 19 amide bonds. The highest BCUT2D eigenvalue weighted by molar-refractivity contribution is 8.77. The number of carbonyl (C=O) groups excluding carboxylic acids is 19. The van der Waals surface area contributed by atoms with Crippen molar-refractivity contribution < 1.29 is 95.8 Å². The Hall–Kier alpha value is -12.8. The van der Waals surface area contributed by atoms with Gasteiger partial charge >= 0.3 is 6.09 Å². The van der Waals surface area contributed by atoms with Crippen LogP contribution >= 0.6 is 43.2 Å². The number of rotatable bonds is 26. The van der Waals surface area contributed by atoms with Gasteiger partial charge in [-0.1, -0.05) is 161 Å². The molecule has 776 valence electrons. The monoisotopic (exact) mass is 2040 g/mol. The highest BCUT2D eigenvalue weighted by Crippen LogP contribution is 2.45. The summed E-state index contributed by atoms with van der Waals surface area (Å²) < 4.78 is 5.05. The number of alkyl carbamates (subject to hydrolysis) is 1. The van der Waals surface area contributed by atoms with Crippen LogP contribution in [-0.2, 0) is 117 Å². The Labute approximate surface area is 836 Å². The van der Waals surface area contributed by atoms with Gasteiger partial charge in [-0.3, -0.25) is 86.3 Å². The highest BCUT2D eigenvalue weighted by atomic mass is 33.1. The summed E-state index contributed by atoms with van der Waals surface area (Å²) in [7, 11) is 9.55. The summed E-state index contributed by atoms with van der Waals surface area (Å²) in [5.74, 6) is -11.4. The number of nitrogens with two attached hydrogens (primary N) is 2. The lowest BCUT2D eigenvalue weighted by atomic mass is 9.85. The summed E-state index contributed by atoms with van der Waals surface area (Å²) in [6.07, 6.45) is 9.06. The van der Waals surface area contributed by atoms with Crippen LogP contribution in [0.4, 0.5) is 4.79 Å². The fourth-order valence-electron chi connectivity index (χ4n) is 14.4. The van der Waals surface area contributed by atoms with Gasteiger partial charge in [-0.15, -0.1) is 0 Å². The minimum Gasteiger partial charge on any atom is -0.449 e. The van der Waals surface area contributed by atoms with Crippen molar-refractivity contribution in [2.75, 3.05) is 32.2 Å². The number of carbonyl (C=O) groups is 19. The Morgan fingerprint density at radius 2 is 0.950 bits per heavy atom. The normalized spacial score (nSPS) is 21.5. The van der Waals surface area contributed by atoms with Crippen molar-refractivity contribution in [1.29, 1.82) is 0 Å². The molecule has 141 heavy (non-hydrogen) atoms. The van der Waals surface area contributed by atoms with Crippen LogP contribution in [0.5, 0.6) is 0 Å². The van der Waals surface area contributed by atoms with E-state index < -0.39 is 206 Å². The van der Waals surface area contributed by atoms with Gasteiger partial charge in [-0.25, -0.2) is 19.7 Å². The van der Waals surface area contributed by atoms with Crippen LogP contribution in [0.25, 0.3) is 11.1 Å². The Balaban J connectivity index is 0.000000340. The standard InChI is InChI=1S/C28H48N8O6.2C24H38N8O6S2.C16H15NO2/c1-11-19(24(39)29-9)33-26(41)21(15(2)3)35-23(38)16(4)31-25(40)20(12-18-13-30-14-36(18)10)34-27(42)22(28(6,7)8)32-17(5)37;2*1-11(2)17-22(37)31-16(19(25)34)9-39-40-24(5,6)18(29-13(4)33)23(38)30-15(7-14-8-26-10-27-14)21(36)28-12(3)20(35)32-17;1-17-16(18)19-10-15-13-8-4-2-6-11(13)12-7-3-5-9-14(12)15/h13-16,19-22H,11-12H2,1-10H3,(H,29,39)(H,31,40)(H,32,37)(H,33,41)(H,34,42)(H,35,38);2*8,10-12,15-18H,7,9H2,1-6H3,(H2,25,34)(H,26,27)(H,28,36)(H,29,33)(H,30,38)(H,31,37)(H,32,35);2-9,15H,10H2,1H3,(H,17,18)/t16-,19-,20-,21-,22+;2*12-,15-,16-,17-,18+;/m000./s1. The van der Waals surface area contributed by atoms with Crippen LogP contribution in [0.3, 0.4) is 0 Å². The average molecular weight is 2040 g/mol. The zero-order valence-electron chi connectivity index (χ0n) is 83.7. The predicted octanol–water partition coefficient (Wildman–Crippen LogP) is -0.0988. The molecule has 3 aliphatic rings. The molecule has 2 saturated heterocycles. The molecule has 2 aromatic carbocycles. The number of nitrogens with zero attached hydrogens (tertiary/aromatic N) is 4. The first-order valence-electron chi connectivity index (χ1n) is 45.8. The van der Waals surface area contributed by atoms with Gasteiger partial charge in [0.05, 0.1) is 19.0 Å². The third-order valence-corrected chi connectivity index (χ3v) is 29.0. The summed E-state index contributed by atoms with van der Waals surface area (Å²) in [4.78, 5) is 260. The van der Waals surface area contributed by atoms with Crippen molar-refractivity contribution in [1.82, 2.24) is 120 Å². The van der Waals surface area contributed by atoms with E-state index in [-0.39, 0.29) is 66.4 Å². The Morgan fingerprint density at radius 3 is 1.31 bits per heavy atom. The lowest BCUT2D eigenvalue weighted by Gasteiger charge is -2.34. The summed E-state index contributed by atoms with van der Waals surface area (Å²) in [5.41, 5.74) is 17.1. The molecule has 45 nitrogen and oxygen atoms in total. The van der Waals surface area contributed by atoms with Crippen molar-refractivity contribution in [3.63, 3.8) is 0 Å². The molecule has 0 saturated carbocycles. The SMILES string of the molecule is CC(=O)N[C@@H]1C(=O)N[C@@H](Cc2cnc[nH]2)C(=O)N[C@@H](C)C(=O)N[C@@H](C(C)C)C(=O)N[C@H](C(N)=O)CSSC1(C)C.CC(=O)N[C@@H]1C(=O)N[C@@H](Cc2cnc[nH]2)C(=O)N[C@@H](C)C(=O)N[C@@H](C(C)C)C(=O)N[C@H](C(N)=O)CSSC1(C)C.CC[C@H](NC(=O)[C@@H](NC(=O)[C@H](C)NC(=O)[C@H](Cc1cncn1C)NC(=O)[C@@H](NC(C)=O)C(C)(C)C)C(C)C)C(=O)NC.CNC(=O)OCC1c2ccccc2-c2ccccc21. The maximum absolute atomic E-state index is 13.5. The zero-order chi connectivity index (χ0) is 106. The maximum atomic E-state index is 13.5. The van der Waals surface area contributed by atoms with Gasteiger partial charge in [0, 0.05) is 124 Å². The quantitative estimate of drug-likeness (QED) is 0.0321. The van der Waals surface area contributed by atoms with Gasteiger partial charge < -0.3 is 121 Å². The van der Waals surface area contributed by atoms with Gasteiger partial charge in [-0.2, -0.15) is 0 Å². The number of hydrogen-bond donors (Lipinski definition) is 21. The Morgan fingerprint density at radius 1 is 0.511 bits per heavy atom. The minimum atomic E-state index is -1.13. The van der Waals surface area contributed by atoms with Crippen LogP contribution in [0, 0.1) is 23.2 Å². The fourth-order valence-corrected chi connectivity index (χ4v) is 20.0. The average Bonchev–Trinajstić information content (AvgIpc) is 1.61. The third-order valence-electron chi connectivity index (χ3n) is 22.4. The molecular weight excluding hydrogens is 1900 g/mol. The molecular formula is C92H139N25O20S4. The van der Waals surface area contributed by atoms with Crippen LogP contribution in [0.2, 0.25) is 0 Å². The van der Waals surface area contributed by atoms with Gasteiger partial charge in [0.2, 0.25) is 106 Å². The molecule has 15 atom stereocenters. The van der Waals surface area contributed by atoms with E-state index in [1.807, 2.05) is 24.3 Å². The van der Waals surface area contributed by atoms with E-state index in [1.165, 1.54) is 139 Å². The van der Waals surface area contributed by atoms with Crippen LogP contribution < -0.4 is 102 Å². The number of likely N-dealkylation sites (N-methyl/N-ethyl adjacent to an activating group) is 1. The number of aromatic amines is 2. The highest BCUT2D eigenvalue weighted by Gasteiger charge is 2.45. The summed E-state index contributed by atoms with van der Waals surface area (Å²) >= 11 is 0. The fraction of sp³-hybridized carbons (Fsp3) is 0.565. The second-order valence-corrected chi connectivity index (χ2v) is 43.1. The maximum Gasteiger partial charge on any atom is 0.406 e. The number of nitrogens with one attached hydrogen (secondary N) is 19. The molecule has 2 fully saturated rings. The molecule has 0 bridgehead atoms. The second kappa shape index (κ2) is 55.4. The number of H-pyrrole nitrogens is 2. The van der Waals surface area contributed by atoms with Crippen LogP contribution in [0.15, 0.2) is 86.1 Å². The topological polar surface area (TPSA) is 665 Å². The molecule has 3 aromatic heterocycles.